The lowest BCUT2D eigenvalue weighted by Gasteiger charge is -2.46. The van der Waals surface area contributed by atoms with Gasteiger partial charge in [0, 0.05) is 6.92 Å². The Labute approximate surface area is 131 Å². The van der Waals surface area contributed by atoms with E-state index in [9.17, 15) is 29.7 Å². The number of ether oxygens (including phenoxy) is 1. The van der Waals surface area contributed by atoms with Crippen molar-refractivity contribution >= 4 is 17.8 Å². The molecule has 23 heavy (non-hydrogen) atoms. The molecule has 0 aromatic rings. The highest BCUT2D eigenvalue weighted by Gasteiger charge is 2.48. The minimum absolute atomic E-state index is 0.662. The van der Waals surface area contributed by atoms with Crippen molar-refractivity contribution in [3.63, 3.8) is 0 Å². The van der Waals surface area contributed by atoms with Gasteiger partial charge < -0.3 is 41.5 Å². The molecule has 11 heteroatoms. The molecule has 0 saturated carbocycles. The summed E-state index contributed by atoms with van der Waals surface area (Å²) in [6.45, 7) is 0.332. The summed E-state index contributed by atoms with van der Waals surface area (Å²) >= 11 is 0. The summed E-state index contributed by atoms with van der Waals surface area (Å²) in [6.07, 6.45) is -6.53. The number of carboxylic acids is 1. The van der Waals surface area contributed by atoms with Gasteiger partial charge in [0.2, 0.25) is 11.8 Å². The Bertz CT molecular complexity index is 471. The zero-order valence-corrected chi connectivity index (χ0v) is 12.4. The van der Waals surface area contributed by atoms with E-state index in [-0.39, 0.29) is 0 Å². The second-order valence-corrected chi connectivity index (χ2v) is 5.26. The van der Waals surface area contributed by atoms with E-state index in [1.54, 1.807) is 0 Å². The summed E-state index contributed by atoms with van der Waals surface area (Å²) < 4.78 is 5.27. The smallest absolute Gasteiger partial charge is 0.327 e. The van der Waals surface area contributed by atoms with E-state index in [0.29, 0.717) is 4.90 Å². The number of carbonyl (C=O) groups is 3. The normalized spacial score (nSPS) is 32.1. The molecule has 0 spiro atoms. The van der Waals surface area contributed by atoms with Crippen molar-refractivity contribution in [1.82, 2.24) is 4.90 Å². The van der Waals surface area contributed by atoms with Gasteiger partial charge in [-0.1, -0.05) is 0 Å². The molecule has 1 aliphatic heterocycles. The molecule has 1 fully saturated rings. The molecule has 1 saturated heterocycles. The quantitative estimate of drug-likeness (QED) is 0.279. The molecule has 8 N–H and O–H groups in total. The molecule has 0 aliphatic carbocycles. The number of rotatable bonds is 6. The minimum Gasteiger partial charge on any atom is -0.480 e. The topological polar surface area (TPSA) is 197 Å². The van der Waals surface area contributed by atoms with Gasteiger partial charge >= 0.3 is 5.97 Å². The number of aliphatic carboxylic acids is 1. The fourth-order valence-electron chi connectivity index (χ4n) is 2.44. The van der Waals surface area contributed by atoms with Crippen LogP contribution in [0.3, 0.4) is 0 Å². The third-order valence-electron chi connectivity index (χ3n) is 3.60. The first-order valence-corrected chi connectivity index (χ1v) is 6.79. The number of carbonyl (C=O) groups excluding carboxylic acids is 2. The lowest BCUT2D eigenvalue weighted by atomic mass is 9.95. The fraction of sp³-hybridized carbons (Fsp3) is 0.750. The molecule has 0 aromatic heterocycles. The number of nitrogens with zero attached hydrogens (tertiary/aromatic N) is 1. The van der Waals surface area contributed by atoms with E-state index in [1.165, 1.54) is 0 Å². The number of hydrogen-bond donors (Lipinski definition) is 6. The standard InChI is InChI=1S/C12H21N3O8/c1-4(17)15(5(12(21)22)2-7(13)18)11-8(14)10(20)9(19)6(3-16)23-11/h5-6,8-11,16,19-20H,2-3,14H2,1H3,(H2,13,18)(H,21,22)/t5-,6-,8-,9-,10-,11?/m0/s1. The number of carboxylic acid groups (broad SMARTS) is 1. The van der Waals surface area contributed by atoms with Gasteiger partial charge in [0.05, 0.1) is 19.1 Å². The molecule has 2 amide bonds. The largest absolute Gasteiger partial charge is 0.480 e. The molecule has 1 unspecified atom stereocenters. The molecule has 0 radical (unpaired) electrons. The van der Waals surface area contributed by atoms with E-state index >= 15 is 0 Å². The third-order valence-corrected chi connectivity index (χ3v) is 3.60. The Hall–Kier alpha value is -1.79. The summed E-state index contributed by atoms with van der Waals surface area (Å²) in [4.78, 5) is 35.0. The zero-order chi connectivity index (χ0) is 17.9. The first-order chi connectivity index (χ1) is 10.6. The lowest BCUT2D eigenvalue weighted by Crippen LogP contribution is -2.69. The van der Waals surface area contributed by atoms with Gasteiger partial charge in [-0.3, -0.25) is 9.59 Å². The maximum atomic E-state index is 11.9. The molecule has 0 bridgehead atoms. The fourth-order valence-corrected chi connectivity index (χ4v) is 2.44. The maximum absolute atomic E-state index is 11.9. The minimum atomic E-state index is -1.66. The van der Waals surface area contributed by atoms with Crippen molar-refractivity contribution in [2.75, 3.05) is 6.61 Å². The molecule has 11 nitrogen and oxygen atoms in total. The van der Waals surface area contributed by atoms with E-state index < -0.39 is 67.4 Å². The zero-order valence-electron chi connectivity index (χ0n) is 12.4. The highest BCUT2D eigenvalue weighted by molar-refractivity contribution is 5.87. The average molecular weight is 335 g/mol. The van der Waals surface area contributed by atoms with Crippen LogP contribution in [0.5, 0.6) is 0 Å². The lowest BCUT2D eigenvalue weighted by molar-refractivity contribution is -0.232. The Morgan fingerprint density at radius 3 is 2.22 bits per heavy atom. The summed E-state index contributed by atoms with van der Waals surface area (Å²) in [6, 6.07) is -3.02. The van der Waals surface area contributed by atoms with E-state index in [4.69, 9.17) is 21.3 Å². The van der Waals surface area contributed by atoms with Gasteiger partial charge in [-0.25, -0.2) is 4.79 Å². The van der Waals surface area contributed by atoms with Gasteiger partial charge in [-0.15, -0.1) is 0 Å². The number of aliphatic hydroxyl groups is 3. The van der Waals surface area contributed by atoms with E-state index in [2.05, 4.69) is 0 Å². The predicted molar refractivity (Wildman–Crippen MR) is 73.5 cm³/mol. The van der Waals surface area contributed by atoms with Crippen LogP contribution in [0.4, 0.5) is 0 Å². The monoisotopic (exact) mass is 335 g/mol. The van der Waals surface area contributed by atoms with Crippen LogP contribution in [0.25, 0.3) is 0 Å². The SMILES string of the molecule is CC(=O)N(C1O[C@@H](CO)[C@H](O)[C@@H](O)[C@@H]1N)[C@@H](CC(N)=O)C(=O)O. The molecular formula is C12H21N3O8. The average Bonchev–Trinajstić information content (AvgIpc) is 2.45. The number of primary amides is 1. The number of nitrogens with two attached hydrogens (primary N) is 2. The summed E-state index contributed by atoms with van der Waals surface area (Å²) in [7, 11) is 0. The van der Waals surface area contributed by atoms with Gasteiger partial charge in [-0.05, 0) is 0 Å². The van der Waals surface area contributed by atoms with Crippen LogP contribution in [-0.2, 0) is 19.1 Å². The highest BCUT2D eigenvalue weighted by atomic mass is 16.5. The van der Waals surface area contributed by atoms with Gasteiger partial charge in [-0.2, -0.15) is 0 Å². The van der Waals surface area contributed by atoms with Crippen LogP contribution in [0, 0.1) is 0 Å². The molecule has 0 aromatic carbocycles. The van der Waals surface area contributed by atoms with Gasteiger partial charge in [0.1, 0.15) is 24.4 Å². The van der Waals surface area contributed by atoms with Crippen molar-refractivity contribution in [2.45, 2.75) is 50.0 Å². The van der Waals surface area contributed by atoms with Crippen molar-refractivity contribution < 1.29 is 39.5 Å². The molecule has 1 aliphatic rings. The highest BCUT2D eigenvalue weighted by Crippen LogP contribution is 2.25. The van der Waals surface area contributed by atoms with Gasteiger partial charge in [0.15, 0.2) is 6.23 Å². The Morgan fingerprint density at radius 2 is 1.83 bits per heavy atom. The van der Waals surface area contributed by atoms with Crippen molar-refractivity contribution in [3.05, 3.63) is 0 Å². The van der Waals surface area contributed by atoms with Crippen molar-refractivity contribution in [1.29, 1.82) is 0 Å². The van der Waals surface area contributed by atoms with E-state index in [0.717, 1.165) is 6.92 Å². The van der Waals surface area contributed by atoms with Crippen LogP contribution >= 0.6 is 0 Å². The Kier molecular flexibility index (Phi) is 6.41. The number of amides is 2. The second kappa shape index (κ2) is 7.66. The van der Waals surface area contributed by atoms with Crippen LogP contribution < -0.4 is 11.5 Å². The molecule has 6 atom stereocenters. The van der Waals surface area contributed by atoms with Gasteiger partial charge in [0.25, 0.3) is 0 Å². The summed E-state index contributed by atoms with van der Waals surface area (Å²) in [5.74, 6) is -3.28. The predicted octanol–water partition coefficient (Wildman–Crippen LogP) is -4.07. The summed E-state index contributed by atoms with van der Waals surface area (Å²) in [5, 5.41) is 38.0. The molecule has 132 valence electrons. The molecule has 1 heterocycles. The number of hydrogen-bond acceptors (Lipinski definition) is 8. The first kappa shape index (κ1) is 19.3. The van der Waals surface area contributed by atoms with Crippen LogP contribution in [0.15, 0.2) is 0 Å². The van der Waals surface area contributed by atoms with Crippen molar-refractivity contribution in [3.8, 4) is 0 Å². The molecular weight excluding hydrogens is 314 g/mol. The Balaban J connectivity index is 3.18. The van der Waals surface area contributed by atoms with Crippen LogP contribution in [-0.4, -0.2) is 86.3 Å². The number of aliphatic hydroxyl groups excluding tert-OH is 3. The summed E-state index contributed by atoms with van der Waals surface area (Å²) in [5.41, 5.74) is 10.7. The van der Waals surface area contributed by atoms with E-state index in [1.807, 2.05) is 0 Å². The maximum Gasteiger partial charge on any atom is 0.327 e. The van der Waals surface area contributed by atoms with Crippen LogP contribution in [0.1, 0.15) is 13.3 Å². The van der Waals surface area contributed by atoms with Crippen LogP contribution in [0.2, 0.25) is 0 Å². The first-order valence-electron chi connectivity index (χ1n) is 6.79. The second-order valence-electron chi connectivity index (χ2n) is 5.26. The van der Waals surface area contributed by atoms with Crippen molar-refractivity contribution in [2.24, 2.45) is 11.5 Å². The molecule has 1 rings (SSSR count). The Morgan fingerprint density at radius 1 is 1.26 bits per heavy atom. The third kappa shape index (κ3) is 4.14.